The number of nitrogens with zero attached hydrogens (tertiary/aromatic N) is 1. The lowest BCUT2D eigenvalue weighted by Gasteiger charge is -2.37. The first-order valence-corrected chi connectivity index (χ1v) is 5.65. The lowest BCUT2D eigenvalue weighted by molar-refractivity contribution is -0.244. The Morgan fingerprint density at radius 2 is 2.25 bits per heavy atom. The lowest BCUT2D eigenvalue weighted by Crippen LogP contribution is -2.53. The average Bonchev–Trinajstić information content (AvgIpc) is 2.67. The molecule has 0 aromatic rings. The van der Waals surface area contributed by atoms with E-state index < -0.39 is 6.29 Å². The second kappa shape index (κ2) is 4.21. The Balaban J connectivity index is 1.76. The van der Waals surface area contributed by atoms with Crippen molar-refractivity contribution in [3.63, 3.8) is 0 Å². The normalized spacial score (nSPS) is 48.8. The molecule has 0 amide bonds. The van der Waals surface area contributed by atoms with Gasteiger partial charge in [0.05, 0.1) is 19.3 Å². The second-order valence-electron chi connectivity index (χ2n) is 4.37. The lowest BCUT2D eigenvalue weighted by atomic mass is 10.0. The van der Waals surface area contributed by atoms with Crippen molar-refractivity contribution in [2.24, 2.45) is 0 Å². The standard InChI is InChI=1S/C10H17NO5/c1-13-10-9-11(2-3-14-10)6-4-8(12)15-5-7(6)16-9/h6-10,12H,2-5H2,1H3/t6-,7+,8+,9+,10-/m0/s1. The Labute approximate surface area is 94.0 Å². The summed E-state index contributed by atoms with van der Waals surface area (Å²) in [5.41, 5.74) is 0. The van der Waals surface area contributed by atoms with Crippen LogP contribution in [-0.4, -0.2) is 67.8 Å². The molecule has 0 aromatic carbocycles. The minimum atomic E-state index is -0.674. The van der Waals surface area contributed by atoms with E-state index in [1.165, 1.54) is 0 Å². The van der Waals surface area contributed by atoms with Crippen LogP contribution < -0.4 is 0 Å². The van der Waals surface area contributed by atoms with E-state index in [1.54, 1.807) is 7.11 Å². The highest BCUT2D eigenvalue weighted by Gasteiger charge is 2.50. The van der Waals surface area contributed by atoms with Gasteiger partial charge in [-0.1, -0.05) is 0 Å². The minimum absolute atomic E-state index is 0.0211. The molecule has 0 radical (unpaired) electrons. The molecule has 1 N–H and O–H groups in total. The number of hydrogen-bond donors (Lipinski definition) is 1. The van der Waals surface area contributed by atoms with Crippen LogP contribution in [0, 0.1) is 0 Å². The zero-order valence-electron chi connectivity index (χ0n) is 9.24. The van der Waals surface area contributed by atoms with E-state index in [2.05, 4.69) is 4.90 Å². The van der Waals surface area contributed by atoms with Gasteiger partial charge >= 0.3 is 0 Å². The van der Waals surface area contributed by atoms with E-state index >= 15 is 0 Å². The van der Waals surface area contributed by atoms with E-state index in [-0.39, 0.29) is 24.7 Å². The third kappa shape index (κ3) is 1.66. The van der Waals surface area contributed by atoms with E-state index in [0.717, 1.165) is 6.54 Å². The van der Waals surface area contributed by atoms with Crippen LogP contribution in [0.1, 0.15) is 6.42 Å². The van der Waals surface area contributed by atoms with Crippen molar-refractivity contribution in [3.05, 3.63) is 0 Å². The van der Waals surface area contributed by atoms with Crippen LogP contribution in [0.25, 0.3) is 0 Å². The number of hydrogen-bond acceptors (Lipinski definition) is 6. The quantitative estimate of drug-likeness (QED) is 0.632. The number of fused-ring (bicyclic) bond motifs is 3. The second-order valence-corrected chi connectivity index (χ2v) is 4.37. The summed E-state index contributed by atoms with van der Waals surface area (Å²) >= 11 is 0. The van der Waals surface area contributed by atoms with Crippen molar-refractivity contribution >= 4 is 0 Å². The van der Waals surface area contributed by atoms with E-state index in [0.29, 0.717) is 19.6 Å². The third-order valence-electron chi connectivity index (χ3n) is 3.49. The molecule has 3 rings (SSSR count). The van der Waals surface area contributed by atoms with Crippen LogP contribution in [0.15, 0.2) is 0 Å². The van der Waals surface area contributed by atoms with Crippen LogP contribution in [0.3, 0.4) is 0 Å². The number of ether oxygens (including phenoxy) is 4. The smallest absolute Gasteiger partial charge is 0.197 e. The van der Waals surface area contributed by atoms with Gasteiger partial charge in [-0.2, -0.15) is 0 Å². The number of rotatable bonds is 1. The molecular formula is C10H17NO5. The molecule has 0 spiro atoms. The molecule has 3 aliphatic heterocycles. The summed E-state index contributed by atoms with van der Waals surface area (Å²) < 4.78 is 21.8. The van der Waals surface area contributed by atoms with Crippen molar-refractivity contribution in [2.45, 2.75) is 37.4 Å². The fourth-order valence-corrected chi connectivity index (χ4v) is 2.72. The zero-order chi connectivity index (χ0) is 11.1. The Morgan fingerprint density at radius 1 is 1.38 bits per heavy atom. The summed E-state index contributed by atoms with van der Waals surface area (Å²) in [6.07, 6.45) is -0.559. The van der Waals surface area contributed by atoms with Crippen molar-refractivity contribution in [1.82, 2.24) is 4.90 Å². The van der Waals surface area contributed by atoms with Gasteiger partial charge in [-0.15, -0.1) is 0 Å². The van der Waals surface area contributed by atoms with E-state index in [1.807, 2.05) is 0 Å². The van der Waals surface area contributed by atoms with Gasteiger partial charge < -0.3 is 24.1 Å². The molecule has 3 saturated heterocycles. The highest BCUT2D eigenvalue weighted by molar-refractivity contribution is 4.94. The fraction of sp³-hybridized carbons (Fsp3) is 1.00. The van der Waals surface area contributed by atoms with Crippen molar-refractivity contribution in [1.29, 1.82) is 0 Å². The van der Waals surface area contributed by atoms with Crippen LogP contribution in [0.5, 0.6) is 0 Å². The fourth-order valence-electron chi connectivity index (χ4n) is 2.72. The van der Waals surface area contributed by atoms with Crippen LogP contribution in [0.2, 0.25) is 0 Å². The van der Waals surface area contributed by atoms with Crippen molar-refractivity contribution in [3.8, 4) is 0 Å². The molecule has 16 heavy (non-hydrogen) atoms. The Bertz CT molecular complexity index is 262. The molecule has 3 fully saturated rings. The van der Waals surface area contributed by atoms with Crippen LogP contribution in [0.4, 0.5) is 0 Å². The van der Waals surface area contributed by atoms with Crippen LogP contribution >= 0.6 is 0 Å². The first-order chi connectivity index (χ1) is 7.79. The summed E-state index contributed by atoms with van der Waals surface area (Å²) in [5.74, 6) is 0. The molecule has 0 bridgehead atoms. The molecule has 6 nitrogen and oxygen atoms in total. The van der Waals surface area contributed by atoms with Gasteiger partial charge in [0, 0.05) is 26.1 Å². The maximum atomic E-state index is 9.50. The average molecular weight is 231 g/mol. The summed E-state index contributed by atoms with van der Waals surface area (Å²) in [7, 11) is 1.62. The van der Waals surface area contributed by atoms with E-state index in [9.17, 15) is 5.11 Å². The number of morpholine rings is 1. The molecule has 5 atom stereocenters. The highest BCUT2D eigenvalue weighted by Crippen LogP contribution is 2.34. The monoisotopic (exact) mass is 231 g/mol. The first-order valence-electron chi connectivity index (χ1n) is 5.65. The molecular weight excluding hydrogens is 214 g/mol. The SMILES string of the molecule is CO[C@H]1OCCN2[C@@H]1O[C@@H]1CO[C@@H](O)C[C@@H]12. The van der Waals surface area contributed by atoms with E-state index in [4.69, 9.17) is 18.9 Å². The molecule has 0 aliphatic carbocycles. The van der Waals surface area contributed by atoms with Gasteiger partial charge in [0.15, 0.2) is 18.8 Å². The molecule has 92 valence electrons. The zero-order valence-corrected chi connectivity index (χ0v) is 9.24. The van der Waals surface area contributed by atoms with Crippen molar-refractivity contribution < 1.29 is 24.1 Å². The van der Waals surface area contributed by atoms with Crippen LogP contribution in [-0.2, 0) is 18.9 Å². The number of aliphatic hydroxyl groups excluding tert-OH is 1. The van der Waals surface area contributed by atoms with Gasteiger partial charge in [0.25, 0.3) is 0 Å². The molecule has 3 heterocycles. The number of methoxy groups -OCH3 is 1. The third-order valence-corrected chi connectivity index (χ3v) is 3.49. The molecule has 6 heteroatoms. The number of aliphatic hydroxyl groups is 1. The molecule has 0 unspecified atom stereocenters. The van der Waals surface area contributed by atoms with Gasteiger partial charge in [0.2, 0.25) is 0 Å². The summed E-state index contributed by atoms with van der Waals surface area (Å²) in [4.78, 5) is 2.22. The Kier molecular flexibility index (Phi) is 2.87. The first kappa shape index (κ1) is 10.9. The van der Waals surface area contributed by atoms with Gasteiger partial charge in [-0.3, -0.25) is 4.90 Å². The van der Waals surface area contributed by atoms with Crippen molar-refractivity contribution in [2.75, 3.05) is 26.9 Å². The van der Waals surface area contributed by atoms with Gasteiger partial charge in [-0.05, 0) is 0 Å². The topological polar surface area (TPSA) is 60.4 Å². The minimum Gasteiger partial charge on any atom is -0.368 e. The maximum absolute atomic E-state index is 9.50. The maximum Gasteiger partial charge on any atom is 0.197 e. The Morgan fingerprint density at radius 3 is 3.06 bits per heavy atom. The predicted octanol–water partition coefficient (Wildman–Crippen LogP) is -0.877. The largest absolute Gasteiger partial charge is 0.368 e. The molecule has 0 aromatic heterocycles. The van der Waals surface area contributed by atoms with Gasteiger partial charge in [-0.25, -0.2) is 0 Å². The highest BCUT2D eigenvalue weighted by atomic mass is 16.7. The summed E-state index contributed by atoms with van der Waals surface area (Å²) in [6, 6.07) is 0.218. The summed E-state index contributed by atoms with van der Waals surface area (Å²) in [6.45, 7) is 1.90. The van der Waals surface area contributed by atoms with Gasteiger partial charge in [0.1, 0.15) is 0 Å². The molecule has 3 aliphatic rings. The molecule has 0 saturated carbocycles. The Hall–Kier alpha value is -0.240. The predicted molar refractivity (Wildman–Crippen MR) is 52.5 cm³/mol. The summed E-state index contributed by atoms with van der Waals surface area (Å²) in [5, 5.41) is 9.50.